The number of carbonyl (C=O) groups is 1. The average molecular weight is 446 g/mol. The monoisotopic (exact) mass is 445 g/mol. The zero-order chi connectivity index (χ0) is 23.1. The number of hydrogen-bond acceptors (Lipinski definition) is 7. The Morgan fingerprint density at radius 1 is 1.09 bits per heavy atom. The second kappa shape index (κ2) is 11.4. The molecule has 0 atom stereocenters. The molecule has 0 bridgehead atoms. The van der Waals surface area contributed by atoms with E-state index in [9.17, 15) is 4.79 Å². The number of aromatic nitrogens is 1. The van der Waals surface area contributed by atoms with E-state index in [4.69, 9.17) is 21.1 Å². The van der Waals surface area contributed by atoms with E-state index < -0.39 is 0 Å². The van der Waals surface area contributed by atoms with Gasteiger partial charge in [-0.25, -0.2) is 15.6 Å². The van der Waals surface area contributed by atoms with Crippen molar-refractivity contribution in [3.05, 3.63) is 29.2 Å². The van der Waals surface area contributed by atoms with Crippen LogP contribution >= 0.6 is 0 Å². The maximum atomic E-state index is 12.5. The number of amides is 1. The Morgan fingerprint density at radius 3 is 2.38 bits per heavy atom. The van der Waals surface area contributed by atoms with Crippen LogP contribution in [0, 0.1) is 12.8 Å². The van der Waals surface area contributed by atoms with Crippen molar-refractivity contribution < 1.29 is 14.3 Å². The van der Waals surface area contributed by atoms with Gasteiger partial charge >= 0.3 is 6.09 Å². The van der Waals surface area contributed by atoms with Crippen LogP contribution in [0.5, 0.6) is 5.75 Å². The van der Waals surface area contributed by atoms with Gasteiger partial charge in [-0.3, -0.25) is 0 Å². The van der Waals surface area contributed by atoms with Gasteiger partial charge in [0.25, 0.3) is 0 Å². The smallest absolute Gasteiger partial charge is 0.409 e. The largest absolute Gasteiger partial charge is 0.489 e. The van der Waals surface area contributed by atoms with Crippen molar-refractivity contribution in [2.75, 3.05) is 27.2 Å². The van der Waals surface area contributed by atoms with E-state index in [1.807, 2.05) is 19.1 Å². The summed E-state index contributed by atoms with van der Waals surface area (Å²) in [6.07, 6.45) is 10.6. The number of rotatable bonds is 8. The number of nitrogens with two attached hydrogens (primary N) is 2. The van der Waals surface area contributed by atoms with Gasteiger partial charge in [0.05, 0.1) is 28.9 Å². The second-order valence-electron chi connectivity index (χ2n) is 9.21. The Hall–Kier alpha value is -2.48. The van der Waals surface area contributed by atoms with Crippen molar-refractivity contribution in [3.63, 3.8) is 0 Å². The lowest BCUT2D eigenvalue weighted by Gasteiger charge is -2.24. The lowest BCUT2D eigenvalue weighted by molar-refractivity contribution is 0.108. The first-order valence-corrected chi connectivity index (χ1v) is 11.8. The zero-order valence-electron chi connectivity index (χ0n) is 19.8. The number of hydrazine groups is 1. The molecule has 4 N–H and O–H groups in total. The highest BCUT2D eigenvalue weighted by Gasteiger charge is 2.22. The SMILES string of the molecule is Cc1nc(/C(N)=C(\COC(=O)N(C)CC2CCCC2)N(C)N)ccc1OC1CCCCC1. The highest BCUT2D eigenvalue weighted by molar-refractivity contribution is 5.68. The van der Waals surface area contributed by atoms with Crippen LogP contribution in [0.4, 0.5) is 4.79 Å². The molecule has 0 saturated heterocycles. The Morgan fingerprint density at radius 2 is 1.75 bits per heavy atom. The molecule has 2 fully saturated rings. The molecule has 8 nitrogen and oxygen atoms in total. The summed E-state index contributed by atoms with van der Waals surface area (Å²) >= 11 is 0. The van der Waals surface area contributed by atoms with Crippen molar-refractivity contribution in [1.29, 1.82) is 0 Å². The normalized spacial score (nSPS) is 18.2. The molecule has 8 heteroatoms. The number of likely N-dealkylation sites (N-methyl/N-ethyl adjacent to an activating group) is 1. The van der Waals surface area contributed by atoms with E-state index in [1.54, 1.807) is 19.0 Å². The molecule has 178 valence electrons. The third-order valence-corrected chi connectivity index (χ3v) is 6.55. The molecular formula is C24H39N5O3. The predicted octanol–water partition coefficient (Wildman–Crippen LogP) is 3.79. The molecule has 0 spiro atoms. The number of hydrogen-bond donors (Lipinski definition) is 2. The molecule has 1 aromatic heterocycles. The summed E-state index contributed by atoms with van der Waals surface area (Å²) in [5.74, 6) is 7.35. The highest BCUT2D eigenvalue weighted by atomic mass is 16.6. The van der Waals surface area contributed by atoms with Crippen LogP contribution in [0.2, 0.25) is 0 Å². The average Bonchev–Trinajstić information content (AvgIpc) is 3.28. The Kier molecular flexibility index (Phi) is 8.61. The van der Waals surface area contributed by atoms with Crippen LogP contribution in [-0.4, -0.2) is 54.3 Å². The summed E-state index contributed by atoms with van der Waals surface area (Å²) < 4.78 is 11.7. The summed E-state index contributed by atoms with van der Waals surface area (Å²) in [6, 6.07) is 3.74. The molecule has 1 aromatic rings. The minimum atomic E-state index is -0.371. The van der Waals surface area contributed by atoms with Crippen molar-refractivity contribution in [2.45, 2.75) is 70.8 Å². The van der Waals surface area contributed by atoms with Crippen LogP contribution in [0.1, 0.15) is 69.2 Å². The van der Waals surface area contributed by atoms with Gasteiger partial charge in [0.1, 0.15) is 12.4 Å². The minimum Gasteiger partial charge on any atom is -0.489 e. The molecule has 2 aliphatic rings. The molecule has 0 radical (unpaired) electrons. The van der Waals surface area contributed by atoms with Crippen LogP contribution in [0.25, 0.3) is 5.70 Å². The van der Waals surface area contributed by atoms with Crippen molar-refractivity contribution >= 4 is 11.8 Å². The number of nitrogens with zero attached hydrogens (tertiary/aromatic N) is 3. The van der Waals surface area contributed by atoms with E-state index >= 15 is 0 Å². The van der Waals surface area contributed by atoms with Crippen LogP contribution < -0.4 is 16.3 Å². The van der Waals surface area contributed by atoms with Gasteiger partial charge in [0, 0.05) is 20.6 Å². The van der Waals surface area contributed by atoms with E-state index in [0.717, 1.165) is 30.8 Å². The molecule has 1 amide bonds. The number of ether oxygens (including phenoxy) is 2. The predicted molar refractivity (Wildman–Crippen MR) is 125 cm³/mol. The molecule has 0 unspecified atom stereocenters. The molecule has 2 saturated carbocycles. The van der Waals surface area contributed by atoms with Crippen LogP contribution in [0.3, 0.4) is 0 Å². The van der Waals surface area contributed by atoms with Gasteiger partial charge in [0.15, 0.2) is 0 Å². The fourth-order valence-electron chi connectivity index (χ4n) is 4.60. The van der Waals surface area contributed by atoms with Gasteiger partial charge < -0.3 is 25.1 Å². The Labute approximate surface area is 191 Å². The standard InChI is InChI=1S/C24H39N5O3/c1-17-22(32-19-11-5-4-6-12-19)14-13-20(27-17)23(25)21(29(3)26)16-31-24(30)28(2)15-18-9-7-8-10-18/h13-14,18-19H,4-12,15-16,25-26H2,1-3H3/b23-21-. The van der Waals surface area contributed by atoms with E-state index in [2.05, 4.69) is 4.98 Å². The topological polar surface area (TPSA) is 107 Å². The van der Waals surface area contributed by atoms with Crippen molar-refractivity contribution in [3.8, 4) is 5.75 Å². The number of aryl methyl sites for hydroxylation is 1. The summed E-state index contributed by atoms with van der Waals surface area (Å²) in [7, 11) is 3.45. The molecule has 32 heavy (non-hydrogen) atoms. The van der Waals surface area contributed by atoms with Gasteiger partial charge in [-0.05, 0) is 63.5 Å². The van der Waals surface area contributed by atoms with Crippen molar-refractivity contribution in [2.24, 2.45) is 17.5 Å². The Bertz CT molecular complexity index is 799. The lowest BCUT2D eigenvalue weighted by Crippen LogP contribution is -2.35. The molecule has 0 aliphatic heterocycles. The van der Waals surface area contributed by atoms with E-state index in [0.29, 0.717) is 23.0 Å². The minimum absolute atomic E-state index is 0.0201. The molecular weight excluding hydrogens is 406 g/mol. The molecule has 2 aliphatic carbocycles. The number of pyridine rings is 1. The van der Waals surface area contributed by atoms with E-state index in [-0.39, 0.29) is 18.8 Å². The first-order chi connectivity index (χ1) is 15.3. The molecule has 3 rings (SSSR count). The quantitative estimate of drug-likeness (QED) is 0.463. The summed E-state index contributed by atoms with van der Waals surface area (Å²) in [6.45, 7) is 2.61. The summed E-state index contributed by atoms with van der Waals surface area (Å²) in [5.41, 5.74) is 8.64. The van der Waals surface area contributed by atoms with Gasteiger partial charge in [-0.2, -0.15) is 0 Å². The lowest BCUT2D eigenvalue weighted by atomic mass is 9.98. The third-order valence-electron chi connectivity index (χ3n) is 6.55. The Balaban J connectivity index is 1.64. The molecule has 1 heterocycles. The third kappa shape index (κ3) is 6.51. The van der Waals surface area contributed by atoms with Crippen LogP contribution in [0.15, 0.2) is 17.8 Å². The van der Waals surface area contributed by atoms with Crippen molar-refractivity contribution in [1.82, 2.24) is 14.9 Å². The summed E-state index contributed by atoms with van der Waals surface area (Å²) in [5, 5.41) is 1.38. The van der Waals surface area contributed by atoms with Gasteiger partial charge in [-0.15, -0.1) is 0 Å². The first kappa shape index (κ1) is 24.2. The number of carbonyl (C=O) groups excluding carboxylic acids is 1. The fourth-order valence-corrected chi connectivity index (χ4v) is 4.60. The van der Waals surface area contributed by atoms with Gasteiger partial charge in [0.2, 0.25) is 0 Å². The fraction of sp³-hybridized carbons (Fsp3) is 0.667. The first-order valence-electron chi connectivity index (χ1n) is 11.8. The maximum absolute atomic E-state index is 12.5. The van der Waals surface area contributed by atoms with Crippen LogP contribution in [-0.2, 0) is 4.74 Å². The van der Waals surface area contributed by atoms with Gasteiger partial charge in [-0.1, -0.05) is 19.3 Å². The van der Waals surface area contributed by atoms with E-state index in [1.165, 1.54) is 50.0 Å². The molecule has 0 aromatic carbocycles. The summed E-state index contributed by atoms with van der Waals surface area (Å²) in [4.78, 5) is 18.7. The maximum Gasteiger partial charge on any atom is 0.409 e. The highest BCUT2D eigenvalue weighted by Crippen LogP contribution is 2.27. The zero-order valence-corrected chi connectivity index (χ0v) is 19.8. The second-order valence-corrected chi connectivity index (χ2v) is 9.21.